The summed E-state index contributed by atoms with van der Waals surface area (Å²) in [6, 6.07) is 3.76. The third-order valence-corrected chi connectivity index (χ3v) is 2.50. The van der Waals surface area contributed by atoms with E-state index in [1.165, 1.54) is 0 Å². The second kappa shape index (κ2) is 5.35. The van der Waals surface area contributed by atoms with Crippen molar-refractivity contribution in [3.8, 4) is 0 Å². The number of furan rings is 1. The van der Waals surface area contributed by atoms with Crippen molar-refractivity contribution in [3.05, 3.63) is 30.0 Å². The molecular formula is C11H15N5O2. The summed E-state index contributed by atoms with van der Waals surface area (Å²) in [5, 5.41) is 8.86. The summed E-state index contributed by atoms with van der Waals surface area (Å²) in [7, 11) is 0. The lowest BCUT2D eigenvalue weighted by Gasteiger charge is -2.11. The number of aromatic nitrogens is 3. The molecule has 18 heavy (non-hydrogen) atoms. The van der Waals surface area contributed by atoms with Gasteiger partial charge in [0.15, 0.2) is 0 Å². The van der Waals surface area contributed by atoms with Crippen molar-refractivity contribution in [2.75, 3.05) is 5.73 Å². The van der Waals surface area contributed by atoms with Gasteiger partial charge in [-0.05, 0) is 25.5 Å². The minimum Gasteiger partial charge on any atom is -0.469 e. The number of nitrogens with two attached hydrogens (primary N) is 1. The Bertz CT molecular complexity index is 505. The fraction of sp³-hybridized carbons (Fsp3) is 0.364. The van der Waals surface area contributed by atoms with Crippen LogP contribution in [-0.4, -0.2) is 27.1 Å². The standard InChI is InChI=1S/C11H15N5O2/c1-7(4-5-8-3-2-6-18-8)13-10(17)9-14-11(12)16-15-9/h2-3,6-7H,4-5H2,1H3,(H,13,17)(H3,12,14,15,16). The third kappa shape index (κ3) is 3.09. The normalized spacial score (nSPS) is 12.3. The smallest absolute Gasteiger partial charge is 0.288 e. The Morgan fingerprint density at radius 1 is 1.67 bits per heavy atom. The van der Waals surface area contributed by atoms with Crippen molar-refractivity contribution >= 4 is 11.9 Å². The zero-order valence-corrected chi connectivity index (χ0v) is 10.0. The molecule has 1 amide bonds. The van der Waals surface area contributed by atoms with Crippen molar-refractivity contribution < 1.29 is 9.21 Å². The van der Waals surface area contributed by atoms with Gasteiger partial charge >= 0.3 is 0 Å². The van der Waals surface area contributed by atoms with Gasteiger partial charge in [-0.2, -0.15) is 4.98 Å². The molecule has 2 rings (SSSR count). The summed E-state index contributed by atoms with van der Waals surface area (Å²) in [5.74, 6) is 0.770. The average molecular weight is 249 g/mol. The first-order valence-corrected chi connectivity index (χ1v) is 5.66. The third-order valence-electron chi connectivity index (χ3n) is 2.50. The average Bonchev–Trinajstić information content (AvgIpc) is 2.97. The number of carbonyl (C=O) groups excluding carboxylic acids is 1. The van der Waals surface area contributed by atoms with Crippen molar-refractivity contribution in [1.29, 1.82) is 0 Å². The van der Waals surface area contributed by atoms with E-state index in [4.69, 9.17) is 10.2 Å². The van der Waals surface area contributed by atoms with Crippen LogP contribution in [0.1, 0.15) is 29.7 Å². The molecule has 1 unspecified atom stereocenters. The van der Waals surface area contributed by atoms with Gasteiger partial charge in [0.25, 0.3) is 5.91 Å². The van der Waals surface area contributed by atoms with E-state index >= 15 is 0 Å². The molecule has 1 atom stereocenters. The van der Waals surface area contributed by atoms with E-state index < -0.39 is 0 Å². The molecule has 7 nitrogen and oxygen atoms in total. The number of aromatic amines is 1. The van der Waals surface area contributed by atoms with Gasteiger partial charge in [-0.25, -0.2) is 0 Å². The summed E-state index contributed by atoms with van der Waals surface area (Å²) in [5.41, 5.74) is 5.32. The quantitative estimate of drug-likeness (QED) is 0.723. The zero-order chi connectivity index (χ0) is 13.0. The van der Waals surface area contributed by atoms with Crippen LogP contribution in [0.3, 0.4) is 0 Å². The monoisotopic (exact) mass is 249 g/mol. The van der Waals surface area contributed by atoms with Gasteiger partial charge in [-0.15, -0.1) is 5.10 Å². The first-order valence-electron chi connectivity index (χ1n) is 5.66. The van der Waals surface area contributed by atoms with Crippen LogP contribution in [0, 0.1) is 0 Å². The van der Waals surface area contributed by atoms with Crippen LogP contribution < -0.4 is 11.1 Å². The lowest BCUT2D eigenvalue weighted by atomic mass is 10.1. The zero-order valence-electron chi connectivity index (χ0n) is 10.0. The topological polar surface area (TPSA) is 110 Å². The molecule has 0 bridgehead atoms. The van der Waals surface area contributed by atoms with Crippen molar-refractivity contribution in [3.63, 3.8) is 0 Å². The number of amides is 1. The number of nitrogen functional groups attached to an aromatic ring is 1. The van der Waals surface area contributed by atoms with Crippen LogP contribution in [0.2, 0.25) is 0 Å². The Hall–Kier alpha value is -2.31. The summed E-state index contributed by atoms with van der Waals surface area (Å²) in [6.45, 7) is 1.92. The SMILES string of the molecule is CC(CCc1ccco1)NC(=O)c1nc(N)n[nH]1. The minimum absolute atomic E-state index is 0.00826. The molecule has 0 spiro atoms. The lowest BCUT2D eigenvalue weighted by molar-refractivity contribution is 0.0928. The predicted molar refractivity (Wildman–Crippen MR) is 64.8 cm³/mol. The fourth-order valence-electron chi connectivity index (χ4n) is 1.55. The molecule has 7 heteroatoms. The fourth-order valence-corrected chi connectivity index (χ4v) is 1.55. The van der Waals surface area contributed by atoms with E-state index in [9.17, 15) is 4.79 Å². The summed E-state index contributed by atoms with van der Waals surface area (Å²) in [6.07, 6.45) is 3.19. The van der Waals surface area contributed by atoms with Crippen LogP contribution in [0.5, 0.6) is 0 Å². The maximum Gasteiger partial charge on any atom is 0.288 e. The molecule has 4 N–H and O–H groups in total. The Labute approximate surface area is 104 Å². The van der Waals surface area contributed by atoms with Crippen LogP contribution in [0.15, 0.2) is 22.8 Å². The molecule has 2 heterocycles. The van der Waals surface area contributed by atoms with Crippen LogP contribution >= 0.6 is 0 Å². The summed E-state index contributed by atoms with van der Waals surface area (Å²) >= 11 is 0. The van der Waals surface area contributed by atoms with Crippen LogP contribution in [0.25, 0.3) is 0 Å². The van der Waals surface area contributed by atoms with Gasteiger partial charge in [0.1, 0.15) is 5.76 Å². The van der Waals surface area contributed by atoms with E-state index in [0.717, 1.165) is 18.6 Å². The number of nitrogens with one attached hydrogen (secondary N) is 2. The molecular weight excluding hydrogens is 234 g/mol. The van der Waals surface area contributed by atoms with Crippen molar-refractivity contribution in [2.24, 2.45) is 0 Å². The molecule has 0 aliphatic carbocycles. The predicted octanol–water partition coefficient (Wildman–Crippen LogP) is 0.731. The lowest BCUT2D eigenvalue weighted by Crippen LogP contribution is -2.33. The number of hydrogen-bond acceptors (Lipinski definition) is 5. The minimum atomic E-state index is -0.314. The number of anilines is 1. The highest BCUT2D eigenvalue weighted by Crippen LogP contribution is 2.06. The van der Waals surface area contributed by atoms with Gasteiger partial charge < -0.3 is 15.5 Å². The molecule has 0 fully saturated rings. The molecule has 0 saturated heterocycles. The van der Waals surface area contributed by atoms with Gasteiger partial charge in [0.05, 0.1) is 6.26 Å². The van der Waals surface area contributed by atoms with Crippen molar-refractivity contribution in [2.45, 2.75) is 25.8 Å². The molecule has 0 saturated carbocycles. The number of nitrogens with zero attached hydrogens (tertiary/aromatic N) is 2. The maximum atomic E-state index is 11.7. The second-order valence-electron chi connectivity index (χ2n) is 4.03. The number of hydrogen-bond donors (Lipinski definition) is 3. The molecule has 2 aromatic heterocycles. The molecule has 0 aromatic carbocycles. The Morgan fingerprint density at radius 3 is 3.11 bits per heavy atom. The first-order chi connectivity index (χ1) is 8.65. The number of aryl methyl sites for hydroxylation is 1. The maximum absolute atomic E-state index is 11.7. The Morgan fingerprint density at radius 2 is 2.50 bits per heavy atom. The van der Waals surface area contributed by atoms with E-state index in [-0.39, 0.29) is 23.7 Å². The summed E-state index contributed by atoms with van der Waals surface area (Å²) < 4.78 is 5.22. The molecule has 0 radical (unpaired) electrons. The van der Waals surface area contributed by atoms with Crippen LogP contribution in [0.4, 0.5) is 5.95 Å². The summed E-state index contributed by atoms with van der Waals surface area (Å²) in [4.78, 5) is 15.5. The molecule has 2 aromatic rings. The molecule has 0 aliphatic rings. The van der Waals surface area contributed by atoms with Gasteiger partial charge in [-0.3, -0.25) is 9.89 Å². The van der Waals surface area contributed by atoms with Crippen LogP contribution in [-0.2, 0) is 6.42 Å². The van der Waals surface area contributed by atoms with Gasteiger partial charge in [-0.1, -0.05) is 0 Å². The highest BCUT2D eigenvalue weighted by Gasteiger charge is 2.13. The molecule has 96 valence electrons. The highest BCUT2D eigenvalue weighted by atomic mass is 16.3. The van der Waals surface area contributed by atoms with E-state index in [0.29, 0.717) is 0 Å². The second-order valence-corrected chi connectivity index (χ2v) is 4.03. The number of H-pyrrole nitrogens is 1. The van der Waals surface area contributed by atoms with Gasteiger partial charge in [0.2, 0.25) is 11.8 Å². The Kier molecular flexibility index (Phi) is 3.61. The van der Waals surface area contributed by atoms with E-state index in [1.807, 2.05) is 19.1 Å². The number of carbonyl (C=O) groups is 1. The van der Waals surface area contributed by atoms with E-state index in [1.54, 1.807) is 6.26 Å². The van der Waals surface area contributed by atoms with Gasteiger partial charge in [0, 0.05) is 12.5 Å². The first kappa shape index (κ1) is 12.2. The highest BCUT2D eigenvalue weighted by molar-refractivity contribution is 5.90. The van der Waals surface area contributed by atoms with E-state index in [2.05, 4.69) is 20.5 Å². The Balaban J connectivity index is 1.80. The molecule has 0 aliphatic heterocycles. The van der Waals surface area contributed by atoms with Crippen molar-refractivity contribution in [1.82, 2.24) is 20.5 Å². The number of rotatable bonds is 5. The largest absolute Gasteiger partial charge is 0.469 e.